The molecule has 1 aliphatic heterocycles. The average molecular weight is 395 g/mol. The molecule has 0 saturated carbocycles. The summed E-state index contributed by atoms with van der Waals surface area (Å²) in [5.74, 6) is 0.845. The second-order valence-electron chi connectivity index (χ2n) is 6.72. The Morgan fingerprint density at radius 1 is 1.30 bits per heavy atom. The van der Waals surface area contributed by atoms with Crippen LogP contribution in [-0.4, -0.2) is 51.4 Å². The second kappa shape index (κ2) is 8.67. The molecule has 9 heteroatoms. The summed E-state index contributed by atoms with van der Waals surface area (Å²) < 4.78 is 16.6. The van der Waals surface area contributed by atoms with Gasteiger partial charge in [-0.1, -0.05) is 16.8 Å². The number of nitrogens with zero attached hydrogens (tertiary/aromatic N) is 4. The fourth-order valence-corrected chi connectivity index (χ4v) is 2.93. The molecule has 146 valence electrons. The molecule has 1 fully saturated rings. The molecule has 1 amide bonds. The number of carbonyl (C=O) groups excluding carboxylic acids is 1. The van der Waals surface area contributed by atoms with Crippen LogP contribution in [0, 0.1) is 0 Å². The van der Waals surface area contributed by atoms with Gasteiger partial charge in [0, 0.05) is 24.8 Å². The van der Waals surface area contributed by atoms with Crippen molar-refractivity contribution in [3.05, 3.63) is 29.4 Å². The number of hydrogen-bond acceptors (Lipinski definition) is 7. The van der Waals surface area contributed by atoms with Gasteiger partial charge in [0.1, 0.15) is 11.3 Å². The van der Waals surface area contributed by atoms with Crippen molar-refractivity contribution < 1.29 is 18.8 Å². The minimum atomic E-state index is -0.342. The van der Waals surface area contributed by atoms with E-state index in [1.54, 1.807) is 23.2 Å². The van der Waals surface area contributed by atoms with Crippen molar-refractivity contribution in [1.29, 1.82) is 0 Å². The molecule has 8 nitrogen and oxygen atoms in total. The molecule has 0 unspecified atom stereocenters. The Kier molecular flexibility index (Phi) is 6.28. The summed E-state index contributed by atoms with van der Waals surface area (Å²) in [6, 6.07) is 3.45. The molecule has 3 rings (SSSR count). The number of ether oxygens (including phenoxy) is 2. The first-order valence-corrected chi connectivity index (χ1v) is 9.36. The maximum absolute atomic E-state index is 11.9. The number of piperidine rings is 1. The molecule has 3 heterocycles. The Hall–Kier alpha value is -2.19. The summed E-state index contributed by atoms with van der Waals surface area (Å²) >= 11 is 5.79. The predicted molar refractivity (Wildman–Crippen MR) is 98.3 cm³/mol. The molecule has 1 aliphatic rings. The van der Waals surface area contributed by atoms with Gasteiger partial charge in [0.05, 0.1) is 12.2 Å². The lowest BCUT2D eigenvalue weighted by atomic mass is 10.1. The zero-order chi connectivity index (χ0) is 19.4. The van der Waals surface area contributed by atoms with Gasteiger partial charge in [-0.05, 0) is 45.7 Å². The molecular formula is C18H23ClN4O4. The third kappa shape index (κ3) is 5.17. The molecule has 0 radical (unpaired) electrons. The van der Waals surface area contributed by atoms with Gasteiger partial charge in [-0.3, -0.25) is 0 Å². The van der Waals surface area contributed by atoms with E-state index in [0.29, 0.717) is 30.0 Å². The molecule has 1 atom stereocenters. The number of carbonyl (C=O) groups is 1. The monoisotopic (exact) mass is 394 g/mol. The van der Waals surface area contributed by atoms with E-state index in [4.69, 9.17) is 25.6 Å². The number of rotatable bonds is 5. The lowest BCUT2D eigenvalue weighted by Crippen LogP contribution is -2.42. The molecule has 2 aromatic rings. The van der Waals surface area contributed by atoms with Crippen molar-refractivity contribution in [2.75, 3.05) is 13.1 Å². The molecule has 2 aromatic heterocycles. The van der Waals surface area contributed by atoms with Gasteiger partial charge >= 0.3 is 6.09 Å². The number of aromatic nitrogens is 3. The van der Waals surface area contributed by atoms with Crippen LogP contribution in [0.4, 0.5) is 4.79 Å². The largest absolute Gasteiger partial charge is 0.447 e. The number of likely N-dealkylation sites (tertiary alicyclic amines) is 1. The lowest BCUT2D eigenvalue weighted by molar-refractivity contribution is -0.0475. The van der Waals surface area contributed by atoms with Crippen LogP contribution in [-0.2, 0) is 9.47 Å². The smallest absolute Gasteiger partial charge is 0.410 e. The summed E-state index contributed by atoms with van der Waals surface area (Å²) in [7, 11) is 0. The highest BCUT2D eigenvalue weighted by atomic mass is 35.5. The van der Waals surface area contributed by atoms with E-state index in [9.17, 15) is 4.79 Å². The Labute approximate surface area is 162 Å². The normalized spacial score (nSPS) is 16.6. The number of pyridine rings is 1. The fraction of sp³-hybridized carbons (Fsp3) is 0.556. The van der Waals surface area contributed by atoms with Gasteiger partial charge in [-0.25, -0.2) is 9.78 Å². The van der Waals surface area contributed by atoms with Crippen LogP contribution in [0.25, 0.3) is 11.4 Å². The number of hydrogen-bond donors (Lipinski definition) is 0. The standard InChI is InChI=1S/C18H23ClN4O4/c1-11(2)25-18(24)23-8-6-14(7-9-23)26-12(3)17-21-16(22-27-17)13-4-5-15(19)20-10-13/h4-5,10-12,14H,6-9H2,1-3H3/t12-/m1/s1. The van der Waals surface area contributed by atoms with Crippen LogP contribution < -0.4 is 0 Å². The number of halogens is 1. The van der Waals surface area contributed by atoms with Crippen LogP contribution in [0.1, 0.15) is 45.6 Å². The van der Waals surface area contributed by atoms with Crippen molar-refractivity contribution in [1.82, 2.24) is 20.0 Å². The zero-order valence-corrected chi connectivity index (χ0v) is 16.3. The van der Waals surface area contributed by atoms with Crippen molar-refractivity contribution in [3.8, 4) is 11.4 Å². The number of amides is 1. The van der Waals surface area contributed by atoms with Crippen LogP contribution in [0.15, 0.2) is 22.9 Å². The molecular weight excluding hydrogens is 372 g/mol. The quantitative estimate of drug-likeness (QED) is 0.711. The summed E-state index contributed by atoms with van der Waals surface area (Å²) in [6.45, 7) is 6.77. The fourth-order valence-electron chi connectivity index (χ4n) is 2.82. The van der Waals surface area contributed by atoms with Crippen molar-refractivity contribution >= 4 is 17.7 Å². The van der Waals surface area contributed by atoms with Crippen LogP contribution in [0.5, 0.6) is 0 Å². The van der Waals surface area contributed by atoms with Crippen LogP contribution in [0.2, 0.25) is 5.15 Å². The highest BCUT2D eigenvalue weighted by molar-refractivity contribution is 6.29. The van der Waals surface area contributed by atoms with Gasteiger partial charge in [-0.2, -0.15) is 4.98 Å². The molecule has 0 aliphatic carbocycles. The molecule has 27 heavy (non-hydrogen) atoms. The van der Waals surface area contributed by atoms with Gasteiger partial charge in [-0.15, -0.1) is 0 Å². The molecule has 0 spiro atoms. The minimum Gasteiger partial charge on any atom is -0.447 e. The van der Waals surface area contributed by atoms with E-state index >= 15 is 0 Å². The topological polar surface area (TPSA) is 90.6 Å². The average Bonchev–Trinajstić information content (AvgIpc) is 3.12. The molecule has 0 aromatic carbocycles. The maximum Gasteiger partial charge on any atom is 0.410 e. The summed E-state index contributed by atoms with van der Waals surface area (Å²) in [4.78, 5) is 22.0. The first-order valence-electron chi connectivity index (χ1n) is 8.99. The lowest BCUT2D eigenvalue weighted by Gasteiger charge is -2.32. The van der Waals surface area contributed by atoms with E-state index in [1.807, 2.05) is 20.8 Å². The van der Waals surface area contributed by atoms with E-state index in [1.165, 1.54) is 0 Å². The van der Waals surface area contributed by atoms with E-state index < -0.39 is 0 Å². The van der Waals surface area contributed by atoms with Crippen molar-refractivity contribution in [3.63, 3.8) is 0 Å². The minimum absolute atomic E-state index is 0.0237. The van der Waals surface area contributed by atoms with Crippen LogP contribution >= 0.6 is 11.6 Å². The van der Waals surface area contributed by atoms with E-state index in [0.717, 1.165) is 18.4 Å². The van der Waals surface area contributed by atoms with E-state index in [-0.39, 0.29) is 24.4 Å². The summed E-state index contributed by atoms with van der Waals surface area (Å²) in [5.41, 5.74) is 0.721. The third-order valence-electron chi connectivity index (χ3n) is 4.21. The van der Waals surface area contributed by atoms with Gasteiger partial charge in [0.15, 0.2) is 0 Å². The summed E-state index contributed by atoms with van der Waals surface area (Å²) in [5, 5.41) is 4.38. The Balaban J connectivity index is 1.52. The molecule has 0 bridgehead atoms. The van der Waals surface area contributed by atoms with Crippen molar-refractivity contribution in [2.24, 2.45) is 0 Å². The first-order chi connectivity index (χ1) is 12.9. The Morgan fingerprint density at radius 2 is 2.04 bits per heavy atom. The Bertz CT molecular complexity index is 757. The third-order valence-corrected chi connectivity index (χ3v) is 4.43. The SMILES string of the molecule is CC(C)OC(=O)N1CCC(O[C@H](C)c2nc(-c3ccc(Cl)nc3)no2)CC1. The second-order valence-corrected chi connectivity index (χ2v) is 7.11. The summed E-state index contributed by atoms with van der Waals surface area (Å²) in [6.07, 6.45) is 2.36. The maximum atomic E-state index is 11.9. The van der Waals surface area contributed by atoms with E-state index in [2.05, 4.69) is 15.1 Å². The van der Waals surface area contributed by atoms with Gasteiger partial charge < -0.3 is 18.9 Å². The van der Waals surface area contributed by atoms with Gasteiger partial charge in [0.25, 0.3) is 5.89 Å². The predicted octanol–water partition coefficient (Wildman–Crippen LogP) is 3.87. The molecule has 1 saturated heterocycles. The van der Waals surface area contributed by atoms with Crippen LogP contribution in [0.3, 0.4) is 0 Å². The Morgan fingerprint density at radius 3 is 2.67 bits per heavy atom. The van der Waals surface area contributed by atoms with Gasteiger partial charge in [0.2, 0.25) is 5.82 Å². The highest BCUT2D eigenvalue weighted by Gasteiger charge is 2.27. The van der Waals surface area contributed by atoms with Crippen molar-refractivity contribution in [2.45, 2.75) is 51.9 Å². The zero-order valence-electron chi connectivity index (χ0n) is 15.6. The highest BCUT2D eigenvalue weighted by Crippen LogP contribution is 2.25. The first kappa shape index (κ1) is 19.6. The molecule has 0 N–H and O–H groups in total.